The SMILES string of the molecule is CCCc1c(Cl)ncnc1NCC(=O)NCC(C)C. The molecule has 1 aromatic heterocycles. The van der Waals surface area contributed by atoms with Gasteiger partial charge in [0.25, 0.3) is 0 Å². The van der Waals surface area contributed by atoms with Crippen LogP contribution in [-0.2, 0) is 11.2 Å². The van der Waals surface area contributed by atoms with Gasteiger partial charge in [-0.25, -0.2) is 9.97 Å². The Kier molecular flexibility index (Phi) is 6.56. The Morgan fingerprint density at radius 1 is 1.42 bits per heavy atom. The maximum absolute atomic E-state index is 11.6. The topological polar surface area (TPSA) is 66.9 Å². The summed E-state index contributed by atoms with van der Waals surface area (Å²) in [6, 6.07) is 0. The van der Waals surface area contributed by atoms with Crippen molar-refractivity contribution >= 4 is 23.3 Å². The number of anilines is 1. The van der Waals surface area contributed by atoms with E-state index in [0.29, 0.717) is 23.4 Å². The Morgan fingerprint density at radius 3 is 2.79 bits per heavy atom. The molecule has 106 valence electrons. The number of carbonyl (C=O) groups is 1. The Balaban J connectivity index is 2.57. The van der Waals surface area contributed by atoms with E-state index in [1.54, 1.807) is 0 Å². The second kappa shape index (κ2) is 7.94. The quantitative estimate of drug-likeness (QED) is 0.754. The highest BCUT2D eigenvalue weighted by Crippen LogP contribution is 2.20. The van der Waals surface area contributed by atoms with E-state index in [1.807, 2.05) is 0 Å². The van der Waals surface area contributed by atoms with Gasteiger partial charge in [0.05, 0.1) is 6.54 Å². The van der Waals surface area contributed by atoms with Gasteiger partial charge in [-0.2, -0.15) is 0 Å². The van der Waals surface area contributed by atoms with Crippen molar-refractivity contribution in [2.24, 2.45) is 5.92 Å². The van der Waals surface area contributed by atoms with E-state index in [1.165, 1.54) is 6.33 Å². The van der Waals surface area contributed by atoms with Crippen LogP contribution in [0.1, 0.15) is 32.8 Å². The van der Waals surface area contributed by atoms with Crippen LogP contribution in [0.2, 0.25) is 5.15 Å². The maximum atomic E-state index is 11.6. The van der Waals surface area contributed by atoms with E-state index in [2.05, 4.69) is 41.4 Å². The summed E-state index contributed by atoms with van der Waals surface area (Å²) in [6.07, 6.45) is 3.13. The third kappa shape index (κ3) is 5.42. The minimum Gasteiger partial charge on any atom is -0.361 e. The summed E-state index contributed by atoms with van der Waals surface area (Å²) in [4.78, 5) is 19.7. The van der Waals surface area contributed by atoms with E-state index in [0.717, 1.165) is 18.4 Å². The molecule has 1 amide bonds. The number of carbonyl (C=O) groups excluding carboxylic acids is 1. The molecule has 0 aliphatic carbocycles. The second-order valence-corrected chi connectivity index (χ2v) is 5.15. The molecule has 0 saturated heterocycles. The molecule has 1 heterocycles. The highest BCUT2D eigenvalue weighted by Gasteiger charge is 2.10. The third-order valence-corrected chi connectivity index (χ3v) is 2.84. The molecule has 0 radical (unpaired) electrons. The molecule has 1 aromatic rings. The van der Waals surface area contributed by atoms with Gasteiger partial charge in [-0.1, -0.05) is 38.8 Å². The minimum atomic E-state index is -0.0501. The Bertz CT molecular complexity index is 423. The summed E-state index contributed by atoms with van der Waals surface area (Å²) in [7, 11) is 0. The summed E-state index contributed by atoms with van der Waals surface area (Å²) in [6.45, 7) is 7.03. The molecule has 0 bridgehead atoms. The zero-order valence-corrected chi connectivity index (χ0v) is 12.4. The fraction of sp³-hybridized carbons (Fsp3) is 0.615. The molecule has 2 N–H and O–H groups in total. The highest BCUT2D eigenvalue weighted by molar-refractivity contribution is 6.30. The number of hydrogen-bond acceptors (Lipinski definition) is 4. The molecule has 6 heteroatoms. The van der Waals surface area contributed by atoms with Crippen LogP contribution in [0.3, 0.4) is 0 Å². The number of halogens is 1. The molecule has 0 saturated carbocycles. The van der Waals surface area contributed by atoms with Gasteiger partial charge in [-0.15, -0.1) is 0 Å². The number of rotatable bonds is 7. The Hall–Kier alpha value is -1.36. The van der Waals surface area contributed by atoms with E-state index in [-0.39, 0.29) is 12.5 Å². The number of amides is 1. The van der Waals surface area contributed by atoms with Crippen LogP contribution >= 0.6 is 11.6 Å². The molecule has 5 nitrogen and oxygen atoms in total. The highest BCUT2D eigenvalue weighted by atomic mass is 35.5. The smallest absolute Gasteiger partial charge is 0.239 e. The fourth-order valence-corrected chi connectivity index (χ4v) is 1.79. The van der Waals surface area contributed by atoms with Gasteiger partial charge in [-0.05, 0) is 12.3 Å². The monoisotopic (exact) mass is 284 g/mol. The minimum absolute atomic E-state index is 0.0501. The summed E-state index contributed by atoms with van der Waals surface area (Å²) in [5.41, 5.74) is 0.864. The molecule has 0 unspecified atom stereocenters. The van der Waals surface area contributed by atoms with Gasteiger partial charge < -0.3 is 10.6 Å². The van der Waals surface area contributed by atoms with Crippen LogP contribution < -0.4 is 10.6 Å². The van der Waals surface area contributed by atoms with Gasteiger partial charge in [-0.3, -0.25) is 4.79 Å². The van der Waals surface area contributed by atoms with Crippen LogP contribution in [0.5, 0.6) is 0 Å². The standard InChI is InChI=1S/C13H21ClN4O/c1-4-5-10-12(14)17-8-18-13(10)16-7-11(19)15-6-9(2)3/h8-9H,4-7H2,1-3H3,(H,15,19)(H,16,17,18). The summed E-state index contributed by atoms with van der Waals surface area (Å²) in [5.74, 6) is 1.03. The van der Waals surface area contributed by atoms with Gasteiger partial charge in [0.1, 0.15) is 17.3 Å². The predicted molar refractivity (Wildman–Crippen MR) is 77.4 cm³/mol. The van der Waals surface area contributed by atoms with Crippen molar-refractivity contribution in [1.82, 2.24) is 15.3 Å². The van der Waals surface area contributed by atoms with Crippen LogP contribution in [0, 0.1) is 5.92 Å². The second-order valence-electron chi connectivity index (χ2n) is 4.79. The number of nitrogens with zero attached hydrogens (tertiary/aromatic N) is 2. The predicted octanol–water partition coefficient (Wildman–Crippen LogP) is 2.27. The van der Waals surface area contributed by atoms with Gasteiger partial charge in [0.15, 0.2) is 0 Å². The third-order valence-electron chi connectivity index (χ3n) is 2.52. The lowest BCUT2D eigenvalue weighted by Gasteiger charge is -2.12. The molecular weight excluding hydrogens is 264 g/mol. The van der Waals surface area contributed by atoms with Crippen molar-refractivity contribution in [2.75, 3.05) is 18.4 Å². The molecule has 0 atom stereocenters. The lowest BCUT2D eigenvalue weighted by atomic mass is 10.2. The normalized spacial score (nSPS) is 10.6. The van der Waals surface area contributed by atoms with Crippen LogP contribution in [-0.4, -0.2) is 29.0 Å². The van der Waals surface area contributed by atoms with E-state index < -0.39 is 0 Å². The van der Waals surface area contributed by atoms with Gasteiger partial charge in [0.2, 0.25) is 5.91 Å². The van der Waals surface area contributed by atoms with Gasteiger partial charge in [0, 0.05) is 12.1 Å². The molecule has 0 aliphatic heterocycles. The molecule has 0 spiro atoms. The average Bonchev–Trinajstić information content (AvgIpc) is 2.37. The number of nitrogens with one attached hydrogen (secondary N) is 2. The molecule has 1 rings (SSSR count). The van der Waals surface area contributed by atoms with Crippen LogP contribution in [0.4, 0.5) is 5.82 Å². The Morgan fingerprint density at radius 2 is 2.16 bits per heavy atom. The first-order chi connectivity index (χ1) is 9.04. The summed E-state index contributed by atoms with van der Waals surface area (Å²) in [5, 5.41) is 6.30. The van der Waals surface area contributed by atoms with Crippen molar-refractivity contribution in [3.05, 3.63) is 17.0 Å². The average molecular weight is 285 g/mol. The Labute approximate surface area is 119 Å². The van der Waals surface area contributed by atoms with E-state index in [9.17, 15) is 4.79 Å². The first-order valence-electron chi connectivity index (χ1n) is 6.54. The van der Waals surface area contributed by atoms with Crippen LogP contribution in [0.25, 0.3) is 0 Å². The molecular formula is C13H21ClN4O. The maximum Gasteiger partial charge on any atom is 0.239 e. The first kappa shape index (κ1) is 15.7. The molecule has 0 fully saturated rings. The fourth-order valence-electron chi connectivity index (χ4n) is 1.56. The van der Waals surface area contributed by atoms with Crippen molar-refractivity contribution < 1.29 is 4.79 Å². The molecule has 0 aliphatic rings. The number of hydrogen-bond donors (Lipinski definition) is 2. The molecule has 19 heavy (non-hydrogen) atoms. The van der Waals surface area contributed by atoms with E-state index in [4.69, 9.17) is 11.6 Å². The van der Waals surface area contributed by atoms with Crippen molar-refractivity contribution in [3.63, 3.8) is 0 Å². The number of aromatic nitrogens is 2. The zero-order chi connectivity index (χ0) is 14.3. The summed E-state index contributed by atoms with van der Waals surface area (Å²) < 4.78 is 0. The zero-order valence-electron chi connectivity index (χ0n) is 11.7. The van der Waals surface area contributed by atoms with Gasteiger partial charge >= 0.3 is 0 Å². The van der Waals surface area contributed by atoms with Crippen LogP contribution in [0.15, 0.2) is 6.33 Å². The lowest BCUT2D eigenvalue weighted by Crippen LogP contribution is -2.32. The van der Waals surface area contributed by atoms with Crippen molar-refractivity contribution in [3.8, 4) is 0 Å². The van der Waals surface area contributed by atoms with Crippen molar-refractivity contribution in [1.29, 1.82) is 0 Å². The largest absolute Gasteiger partial charge is 0.361 e. The van der Waals surface area contributed by atoms with Crippen molar-refractivity contribution in [2.45, 2.75) is 33.6 Å². The first-order valence-corrected chi connectivity index (χ1v) is 6.92. The van der Waals surface area contributed by atoms with E-state index >= 15 is 0 Å². The lowest BCUT2D eigenvalue weighted by molar-refractivity contribution is -0.119. The molecule has 0 aromatic carbocycles. The summed E-state index contributed by atoms with van der Waals surface area (Å²) >= 11 is 6.03.